The summed E-state index contributed by atoms with van der Waals surface area (Å²) in [5.74, 6) is 0. The summed E-state index contributed by atoms with van der Waals surface area (Å²) in [4.78, 5) is 2.40. The third-order valence-electron chi connectivity index (χ3n) is 12.8. The summed E-state index contributed by atoms with van der Waals surface area (Å²) in [7, 11) is 0. The average molecular weight is 815 g/mol. The third-order valence-corrected chi connectivity index (χ3v) is 12.8. The number of nitrogens with zero attached hydrogens (tertiary/aromatic N) is 2. The van der Waals surface area contributed by atoms with Gasteiger partial charge in [-0.05, 0) is 133 Å². The molecule has 0 bridgehead atoms. The Kier molecular flexibility index (Phi) is 9.20. The van der Waals surface area contributed by atoms with E-state index in [4.69, 9.17) is 0 Å². The molecule has 1 aromatic heterocycles. The lowest BCUT2D eigenvalue weighted by Crippen LogP contribution is -2.10. The fourth-order valence-corrected chi connectivity index (χ4v) is 9.77. The summed E-state index contributed by atoms with van der Waals surface area (Å²) in [6.45, 7) is 0. The van der Waals surface area contributed by atoms with Crippen LogP contribution in [0.4, 0.5) is 17.1 Å². The highest BCUT2D eigenvalue weighted by Crippen LogP contribution is 2.44. The van der Waals surface area contributed by atoms with E-state index in [-0.39, 0.29) is 0 Å². The fraction of sp³-hybridized carbons (Fsp3) is 0. The van der Waals surface area contributed by atoms with E-state index in [1.807, 2.05) is 0 Å². The van der Waals surface area contributed by atoms with Crippen molar-refractivity contribution in [1.82, 2.24) is 4.57 Å². The molecule has 0 saturated carbocycles. The molecular weight excluding hydrogens is 773 g/mol. The molecule has 0 atom stereocenters. The van der Waals surface area contributed by atoms with Gasteiger partial charge in [0.1, 0.15) is 0 Å². The second-order valence-electron chi connectivity index (χ2n) is 16.5. The first-order chi connectivity index (χ1) is 31.7. The van der Waals surface area contributed by atoms with Crippen LogP contribution in [0.15, 0.2) is 255 Å². The molecule has 2 heteroatoms. The third kappa shape index (κ3) is 6.52. The molecule has 0 N–H and O–H groups in total. The van der Waals surface area contributed by atoms with Crippen LogP contribution in [0.2, 0.25) is 0 Å². The van der Waals surface area contributed by atoms with E-state index >= 15 is 0 Å². The van der Waals surface area contributed by atoms with E-state index in [0.29, 0.717) is 0 Å². The summed E-state index contributed by atoms with van der Waals surface area (Å²) < 4.78 is 2.42. The maximum Gasteiger partial charge on any atom is 0.0553 e. The summed E-state index contributed by atoms with van der Waals surface area (Å²) in [6.07, 6.45) is 0. The van der Waals surface area contributed by atoms with Gasteiger partial charge in [0.05, 0.1) is 11.0 Å². The Morgan fingerprint density at radius 3 is 1.39 bits per heavy atom. The van der Waals surface area contributed by atoms with Crippen molar-refractivity contribution in [3.63, 3.8) is 0 Å². The zero-order valence-electron chi connectivity index (χ0n) is 35.1. The predicted molar refractivity (Wildman–Crippen MR) is 272 cm³/mol. The lowest BCUT2D eigenvalue weighted by molar-refractivity contribution is 1.18. The SMILES string of the molecule is c1ccc(-c2cc(-c3cccc(N(c4ccc(-c5cccc6ccccc56)cc4)c4ccc(-c5cccc6ccccc56)cc4)c3)c3c4ccccc4n(-c4ccccc4)c3c2)cc1. The van der Waals surface area contributed by atoms with Crippen molar-refractivity contribution in [3.8, 4) is 50.2 Å². The van der Waals surface area contributed by atoms with Crippen molar-refractivity contribution < 1.29 is 0 Å². The Hall–Kier alpha value is -8.46. The Balaban J connectivity index is 1.05. The zero-order chi connectivity index (χ0) is 42.4. The van der Waals surface area contributed by atoms with Crippen molar-refractivity contribution >= 4 is 60.4 Å². The van der Waals surface area contributed by atoms with E-state index in [9.17, 15) is 0 Å². The normalized spacial score (nSPS) is 11.4. The topological polar surface area (TPSA) is 8.17 Å². The van der Waals surface area contributed by atoms with Crippen molar-refractivity contribution in [2.75, 3.05) is 4.90 Å². The molecule has 0 fully saturated rings. The lowest BCUT2D eigenvalue weighted by atomic mass is 9.94. The molecule has 2 nitrogen and oxygen atoms in total. The van der Waals surface area contributed by atoms with Gasteiger partial charge in [0.15, 0.2) is 0 Å². The maximum absolute atomic E-state index is 2.42. The van der Waals surface area contributed by atoms with E-state index in [0.717, 1.165) is 28.3 Å². The Labute approximate surface area is 373 Å². The molecular formula is C62H42N2. The van der Waals surface area contributed by atoms with Gasteiger partial charge in [-0.1, -0.05) is 188 Å². The molecule has 0 aliphatic carbocycles. The molecule has 0 radical (unpaired) electrons. The van der Waals surface area contributed by atoms with Gasteiger partial charge in [-0.25, -0.2) is 0 Å². The number of hydrogen-bond acceptors (Lipinski definition) is 1. The van der Waals surface area contributed by atoms with Crippen LogP contribution in [0.25, 0.3) is 93.5 Å². The predicted octanol–water partition coefficient (Wildman–Crippen LogP) is 17.2. The quantitative estimate of drug-likeness (QED) is 0.148. The number of aromatic nitrogens is 1. The van der Waals surface area contributed by atoms with Gasteiger partial charge in [-0.3, -0.25) is 0 Å². The average Bonchev–Trinajstić information content (AvgIpc) is 3.71. The standard InChI is InChI=1S/C62H42N2/c1-3-16-43(17-4-1)49-41-59(62-58-28-11-12-31-60(58)64(61(62)42-49)50-23-5-2-6-24-50)48-22-13-25-53(40-48)63(51-36-32-46(33-37-51)56-29-14-20-44-18-7-9-26-54(44)56)52-38-34-47(35-39-52)57-30-15-21-45-19-8-10-27-55(45)57/h1-42H. The van der Waals surface area contributed by atoms with Crippen molar-refractivity contribution in [2.45, 2.75) is 0 Å². The smallest absolute Gasteiger partial charge is 0.0553 e. The van der Waals surface area contributed by atoms with Crippen molar-refractivity contribution in [2.24, 2.45) is 0 Å². The van der Waals surface area contributed by atoms with Crippen LogP contribution in [-0.4, -0.2) is 4.57 Å². The molecule has 0 spiro atoms. The first kappa shape index (κ1) is 37.3. The van der Waals surface area contributed by atoms with Gasteiger partial charge in [-0.2, -0.15) is 0 Å². The van der Waals surface area contributed by atoms with Crippen LogP contribution in [0.5, 0.6) is 0 Å². The summed E-state index contributed by atoms with van der Waals surface area (Å²) in [5.41, 5.74) is 16.3. The van der Waals surface area contributed by atoms with E-state index in [1.165, 1.54) is 82.3 Å². The minimum Gasteiger partial charge on any atom is -0.310 e. The molecule has 64 heavy (non-hydrogen) atoms. The van der Waals surface area contributed by atoms with Gasteiger partial charge >= 0.3 is 0 Å². The number of hydrogen-bond donors (Lipinski definition) is 0. The van der Waals surface area contributed by atoms with Crippen LogP contribution in [-0.2, 0) is 0 Å². The summed E-state index contributed by atoms with van der Waals surface area (Å²) in [6, 6.07) is 92.7. The molecule has 12 aromatic rings. The molecule has 0 saturated heterocycles. The number of fused-ring (bicyclic) bond motifs is 5. The first-order valence-electron chi connectivity index (χ1n) is 22.0. The highest BCUT2D eigenvalue weighted by Gasteiger charge is 2.20. The van der Waals surface area contributed by atoms with Gasteiger partial charge in [-0.15, -0.1) is 0 Å². The number of rotatable bonds is 8. The minimum atomic E-state index is 1.08. The van der Waals surface area contributed by atoms with Gasteiger partial charge < -0.3 is 9.47 Å². The number of para-hydroxylation sites is 2. The fourth-order valence-electron chi connectivity index (χ4n) is 9.77. The molecule has 11 aromatic carbocycles. The maximum atomic E-state index is 2.42. The molecule has 1 heterocycles. The monoisotopic (exact) mass is 814 g/mol. The number of benzene rings is 11. The number of anilines is 3. The van der Waals surface area contributed by atoms with Crippen molar-refractivity contribution in [3.05, 3.63) is 255 Å². The second kappa shape index (κ2) is 15.8. The van der Waals surface area contributed by atoms with Crippen LogP contribution in [0, 0.1) is 0 Å². The highest BCUT2D eigenvalue weighted by molar-refractivity contribution is 6.17. The highest BCUT2D eigenvalue weighted by atomic mass is 15.1. The second-order valence-corrected chi connectivity index (χ2v) is 16.5. The van der Waals surface area contributed by atoms with Crippen molar-refractivity contribution in [1.29, 1.82) is 0 Å². The van der Waals surface area contributed by atoms with Crippen LogP contribution >= 0.6 is 0 Å². The van der Waals surface area contributed by atoms with E-state index in [2.05, 4.69) is 264 Å². The van der Waals surface area contributed by atoms with Gasteiger partial charge in [0.2, 0.25) is 0 Å². The van der Waals surface area contributed by atoms with Gasteiger partial charge in [0.25, 0.3) is 0 Å². The molecule has 0 amide bonds. The Morgan fingerprint density at radius 2 is 0.766 bits per heavy atom. The lowest BCUT2D eigenvalue weighted by Gasteiger charge is -2.27. The molecule has 0 unspecified atom stereocenters. The summed E-state index contributed by atoms with van der Waals surface area (Å²) >= 11 is 0. The van der Waals surface area contributed by atoms with Crippen LogP contribution < -0.4 is 4.90 Å². The molecule has 12 rings (SSSR count). The first-order valence-corrected chi connectivity index (χ1v) is 22.0. The molecule has 300 valence electrons. The Morgan fingerprint density at radius 1 is 0.266 bits per heavy atom. The molecule has 0 aliphatic rings. The van der Waals surface area contributed by atoms with E-state index in [1.54, 1.807) is 0 Å². The van der Waals surface area contributed by atoms with E-state index < -0.39 is 0 Å². The Bertz CT molecular complexity index is 3510. The zero-order valence-corrected chi connectivity index (χ0v) is 35.1. The largest absolute Gasteiger partial charge is 0.310 e. The van der Waals surface area contributed by atoms with Crippen LogP contribution in [0.1, 0.15) is 0 Å². The van der Waals surface area contributed by atoms with Crippen LogP contribution in [0.3, 0.4) is 0 Å². The van der Waals surface area contributed by atoms with Gasteiger partial charge in [0, 0.05) is 33.5 Å². The minimum absolute atomic E-state index is 1.08. The summed E-state index contributed by atoms with van der Waals surface area (Å²) in [5, 5.41) is 7.46. The molecule has 0 aliphatic heterocycles.